The van der Waals surface area contributed by atoms with Crippen molar-refractivity contribution >= 4 is 56.7 Å². The number of benzene rings is 6. The summed E-state index contributed by atoms with van der Waals surface area (Å²) in [4.78, 5) is 9.08. The number of aromatic nitrogens is 2. The van der Waals surface area contributed by atoms with E-state index in [0.29, 0.717) is 22.4 Å². The zero-order valence-electron chi connectivity index (χ0n) is 47.1. The molecule has 6 aromatic carbocycles. The maximum Gasteiger partial charge on any atom is 0.121 e. The first-order valence-corrected chi connectivity index (χ1v) is 25.8. The summed E-state index contributed by atoms with van der Waals surface area (Å²) in [5.74, 6) is 0. The van der Waals surface area contributed by atoms with Gasteiger partial charge in [-0.25, -0.2) is 0 Å². The van der Waals surface area contributed by atoms with Crippen molar-refractivity contribution in [2.45, 2.75) is 112 Å². The average Bonchev–Trinajstić information content (AvgIpc) is 3.68. The Morgan fingerprint density at radius 3 is 2.23 bits per heavy atom. The molecule has 0 atom stereocenters. The molecule has 1 aliphatic rings. The molecule has 3 heterocycles. The van der Waals surface area contributed by atoms with Gasteiger partial charge >= 0.3 is 0 Å². The van der Waals surface area contributed by atoms with Crippen LogP contribution < -0.4 is 5.19 Å². The van der Waals surface area contributed by atoms with Crippen molar-refractivity contribution in [3.05, 3.63) is 162 Å². The molecule has 0 saturated heterocycles. The molecular weight excluding hydrogens is 985 g/mol. The Hall–Kier alpha value is -5.19. The molecule has 65 heavy (non-hydrogen) atoms. The molecule has 0 bridgehead atoms. The molecule has 0 unspecified atom stereocenters. The van der Waals surface area contributed by atoms with E-state index in [2.05, 4.69) is 136 Å². The second-order valence-electron chi connectivity index (χ2n) is 20.9. The zero-order chi connectivity index (χ0) is 52.1. The third kappa shape index (κ3) is 9.18. The van der Waals surface area contributed by atoms with Crippen LogP contribution in [0.25, 0.3) is 77.1 Å². The number of pyridine rings is 2. The van der Waals surface area contributed by atoms with E-state index >= 15 is 0 Å². The molecule has 333 valence electrons. The maximum absolute atomic E-state index is 8.85. The van der Waals surface area contributed by atoms with E-state index in [1.807, 2.05) is 30.5 Å². The maximum atomic E-state index is 8.85. The van der Waals surface area contributed by atoms with Crippen LogP contribution in [0, 0.1) is 31.3 Å². The number of rotatable bonds is 5. The van der Waals surface area contributed by atoms with Crippen molar-refractivity contribution in [3.63, 3.8) is 0 Å². The number of hydrogen-bond acceptors (Lipinski definition) is 3. The van der Waals surface area contributed by atoms with Crippen molar-refractivity contribution < 1.29 is 35.5 Å². The van der Waals surface area contributed by atoms with E-state index in [9.17, 15) is 0 Å². The summed E-state index contributed by atoms with van der Waals surface area (Å²) < 4.78 is 72.7. The first-order chi connectivity index (χ1) is 33.5. The molecule has 0 amide bonds. The number of aryl methyl sites for hydroxylation is 2. The second-order valence-corrected chi connectivity index (χ2v) is 26.0. The van der Waals surface area contributed by atoms with Gasteiger partial charge in [0, 0.05) is 48.9 Å². The van der Waals surface area contributed by atoms with Gasteiger partial charge in [-0.1, -0.05) is 169 Å². The average molecular weight is 1060 g/mol. The Bertz CT molecular complexity index is 3580. The normalized spacial score (nSPS) is 17.0. The monoisotopic (exact) mass is 1060 g/mol. The molecule has 3 nitrogen and oxygen atoms in total. The van der Waals surface area contributed by atoms with E-state index in [4.69, 9.17) is 15.4 Å². The summed E-state index contributed by atoms with van der Waals surface area (Å²) in [6.45, 7) is 16.7. The van der Waals surface area contributed by atoms with Crippen LogP contribution in [0.3, 0.4) is 0 Å². The molecular formula is C60H62IrN2OSi-2. The first-order valence-electron chi connectivity index (χ1n) is 26.3. The molecule has 10 rings (SSSR count). The Morgan fingerprint density at radius 1 is 0.723 bits per heavy atom. The van der Waals surface area contributed by atoms with Gasteiger partial charge in [0.15, 0.2) is 0 Å². The molecule has 0 N–H and O–H groups in total. The molecule has 0 aliphatic heterocycles. The van der Waals surface area contributed by atoms with E-state index in [0.717, 1.165) is 73.1 Å². The standard InChI is InChI=1S/C31H26NO.C29H36NSi.Ir/c1-19-18-32-28(15-22(19)17-31(2,3)4)25-11-7-10-24-27-14-21-13-12-20-8-5-6-9-23(20)26(21)16-29(27)33-30(24)25;1-20-9-10-22(27-19-23(13-16-30-27)31(6,7)8)17-24(20)21-11-12-25-26(18-21)29(4,5)15-14-28(25,2)3;/h5-10,12-16,18H,17H2,1-4H3;9,11-13,16-19H,14-15H2,1-8H3;/q2*-1;/i1D3,17D2;1D3;. The van der Waals surface area contributed by atoms with Crippen LogP contribution in [-0.4, -0.2) is 18.0 Å². The number of nitrogens with zero attached hydrogens (tertiary/aromatic N) is 2. The fourth-order valence-electron chi connectivity index (χ4n) is 9.21. The van der Waals surface area contributed by atoms with Gasteiger partial charge in [0.25, 0.3) is 0 Å². The number of hydrogen-bond donors (Lipinski definition) is 0. The summed E-state index contributed by atoms with van der Waals surface area (Å²) in [5.41, 5.74) is 8.05. The second kappa shape index (κ2) is 17.2. The summed E-state index contributed by atoms with van der Waals surface area (Å²) in [5, 5.41) is 7.69. The van der Waals surface area contributed by atoms with Crippen LogP contribution in [0.5, 0.6) is 0 Å². The fourth-order valence-corrected chi connectivity index (χ4v) is 10.4. The fraction of sp³-hybridized carbons (Fsp3) is 0.300. The minimum atomic E-state index is -2.50. The number of furan rings is 1. The molecule has 0 saturated carbocycles. The Kier molecular flexibility index (Phi) is 9.79. The predicted molar refractivity (Wildman–Crippen MR) is 276 cm³/mol. The smallest absolute Gasteiger partial charge is 0.121 e. The summed E-state index contributed by atoms with van der Waals surface area (Å²) in [7, 11) is -1.51. The van der Waals surface area contributed by atoms with Crippen molar-refractivity contribution in [2.24, 2.45) is 5.41 Å². The third-order valence-electron chi connectivity index (χ3n) is 13.0. The molecule has 5 heteroatoms. The Balaban J connectivity index is 0.000000194. The van der Waals surface area contributed by atoms with Crippen LogP contribution >= 0.6 is 0 Å². The van der Waals surface area contributed by atoms with Crippen LogP contribution in [0.2, 0.25) is 19.6 Å². The van der Waals surface area contributed by atoms with E-state index in [-0.39, 0.29) is 42.1 Å². The minimum absolute atomic E-state index is 0. The quantitative estimate of drug-likeness (QED) is 0.0979. The van der Waals surface area contributed by atoms with Gasteiger partial charge in [-0.3, -0.25) is 0 Å². The molecule has 0 spiro atoms. The van der Waals surface area contributed by atoms with Gasteiger partial charge in [0.1, 0.15) is 5.58 Å². The SMILES string of the molecule is [2H]C([2H])([2H])c1c[c-]c(-c2cc([Si](C)(C)C)ccn2)cc1-c1ccc2c(c1)C(C)(C)CCC2(C)C.[2H]C([2H])([2H])c1cnc(-c2[c-]ccc3c2oc2cc4c(ccc5ccccc54)cc23)cc1C([2H])([2H])C(C)(C)C.[Ir]. The molecule has 1 radical (unpaired) electrons. The van der Waals surface area contributed by atoms with Crippen molar-refractivity contribution in [2.75, 3.05) is 0 Å². The minimum Gasteiger partial charge on any atom is -0.501 e. The Labute approximate surface area is 412 Å². The zero-order valence-corrected chi connectivity index (χ0v) is 42.5. The van der Waals surface area contributed by atoms with Crippen LogP contribution in [0.1, 0.15) is 100 Å². The van der Waals surface area contributed by atoms with Crippen molar-refractivity contribution in [1.82, 2.24) is 9.97 Å². The van der Waals surface area contributed by atoms with Gasteiger partial charge < -0.3 is 14.4 Å². The molecule has 3 aromatic heterocycles. The van der Waals surface area contributed by atoms with Crippen molar-refractivity contribution in [1.29, 1.82) is 0 Å². The molecule has 9 aromatic rings. The Morgan fingerprint density at radius 2 is 1.48 bits per heavy atom. The van der Waals surface area contributed by atoms with E-state index in [1.54, 1.807) is 39.0 Å². The van der Waals surface area contributed by atoms with Gasteiger partial charge in [-0.05, 0) is 116 Å². The molecule has 0 fully saturated rings. The van der Waals surface area contributed by atoms with Gasteiger partial charge in [0.05, 0.1) is 13.7 Å². The topological polar surface area (TPSA) is 38.9 Å². The molecule has 1 aliphatic carbocycles. The van der Waals surface area contributed by atoms with Gasteiger partial charge in [0.2, 0.25) is 0 Å². The largest absolute Gasteiger partial charge is 0.501 e. The van der Waals surface area contributed by atoms with Gasteiger partial charge in [-0.15, -0.1) is 47.5 Å². The summed E-state index contributed by atoms with van der Waals surface area (Å²) >= 11 is 0. The van der Waals surface area contributed by atoms with Gasteiger partial charge in [-0.2, -0.15) is 0 Å². The van der Waals surface area contributed by atoms with Crippen LogP contribution in [0.15, 0.2) is 126 Å². The van der Waals surface area contributed by atoms with E-state index < -0.39 is 33.6 Å². The summed E-state index contributed by atoms with van der Waals surface area (Å²) in [6, 6.07) is 42.8. The predicted octanol–water partition coefficient (Wildman–Crippen LogP) is 16.1. The third-order valence-corrected chi connectivity index (χ3v) is 15.0. The first kappa shape index (κ1) is 37.0. The van der Waals surface area contributed by atoms with Crippen LogP contribution in [0.4, 0.5) is 0 Å². The number of fused-ring (bicyclic) bond motifs is 7. The van der Waals surface area contributed by atoms with Crippen LogP contribution in [-0.2, 0) is 37.3 Å². The summed E-state index contributed by atoms with van der Waals surface area (Å²) in [6.07, 6.45) is 3.48. The van der Waals surface area contributed by atoms with Crippen molar-refractivity contribution in [3.8, 4) is 33.6 Å². The van der Waals surface area contributed by atoms with E-state index in [1.165, 1.54) is 22.5 Å².